The van der Waals surface area contributed by atoms with Gasteiger partial charge in [0.15, 0.2) is 16.7 Å². The molecule has 2 N–H and O–H groups in total. The average Bonchev–Trinajstić information content (AvgIpc) is 2.93. The van der Waals surface area contributed by atoms with E-state index in [9.17, 15) is 9.90 Å². The number of ether oxygens (including phenoxy) is 1. The summed E-state index contributed by atoms with van der Waals surface area (Å²) >= 11 is 1.29. The van der Waals surface area contributed by atoms with Gasteiger partial charge in [-0.25, -0.2) is 4.99 Å². The number of amidine groups is 1. The first kappa shape index (κ1) is 17.1. The number of nitrogens with one attached hydrogen (secondary N) is 1. The fourth-order valence-electron chi connectivity index (χ4n) is 2.38. The summed E-state index contributed by atoms with van der Waals surface area (Å²) in [5, 5.41) is 13.0. The maximum absolute atomic E-state index is 12.2. The molecule has 0 aromatic heterocycles. The first-order valence-electron chi connectivity index (χ1n) is 7.70. The second-order valence-corrected chi connectivity index (χ2v) is 6.66. The van der Waals surface area contributed by atoms with Crippen molar-refractivity contribution in [1.82, 2.24) is 5.32 Å². The van der Waals surface area contributed by atoms with Crippen LogP contribution >= 0.6 is 11.8 Å². The van der Waals surface area contributed by atoms with Gasteiger partial charge >= 0.3 is 0 Å². The van der Waals surface area contributed by atoms with Crippen molar-refractivity contribution in [2.24, 2.45) is 4.99 Å². The number of methoxy groups -OCH3 is 1. The van der Waals surface area contributed by atoms with Crippen molar-refractivity contribution in [3.05, 3.63) is 58.0 Å². The van der Waals surface area contributed by atoms with E-state index in [2.05, 4.69) is 10.3 Å². The number of hydrogen-bond donors (Lipinski definition) is 2. The number of aryl methyl sites for hydroxylation is 1. The van der Waals surface area contributed by atoms with Crippen LogP contribution in [0.4, 0.5) is 5.69 Å². The number of carbonyl (C=O) groups excluding carboxylic acids is 1. The summed E-state index contributed by atoms with van der Waals surface area (Å²) in [4.78, 5) is 17.3. The monoisotopic (exact) mass is 354 g/mol. The van der Waals surface area contributed by atoms with Gasteiger partial charge in [-0.05, 0) is 66.6 Å². The van der Waals surface area contributed by atoms with E-state index in [1.54, 1.807) is 18.2 Å². The van der Waals surface area contributed by atoms with Crippen LogP contribution in [-0.4, -0.2) is 23.3 Å². The van der Waals surface area contributed by atoms with Gasteiger partial charge < -0.3 is 15.2 Å². The lowest BCUT2D eigenvalue weighted by Gasteiger charge is -2.04. The molecule has 128 valence electrons. The Labute approximate surface area is 150 Å². The summed E-state index contributed by atoms with van der Waals surface area (Å²) in [6, 6.07) is 10.8. The van der Waals surface area contributed by atoms with E-state index in [4.69, 9.17) is 4.74 Å². The van der Waals surface area contributed by atoms with E-state index in [1.807, 2.05) is 32.0 Å². The van der Waals surface area contributed by atoms with Crippen LogP contribution in [0.2, 0.25) is 0 Å². The molecular formula is C19H18N2O3S. The molecule has 2 aromatic carbocycles. The molecule has 1 aliphatic heterocycles. The van der Waals surface area contributed by atoms with E-state index < -0.39 is 0 Å². The molecule has 1 heterocycles. The Balaban J connectivity index is 1.87. The third-order valence-corrected chi connectivity index (χ3v) is 4.86. The number of nitrogens with zero attached hydrogens (tertiary/aromatic N) is 1. The van der Waals surface area contributed by atoms with Gasteiger partial charge in [0.05, 0.1) is 17.7 Å². The molecule has 0 radical (unpaired) electrons. The maximum atomic E-state index is 12.2. The van der Waals surface area contributed by atoms with Gasteiger partial charge in [-0.1, -0.05) is 18.2 Å². The lowest BCUT2D eigenvalue weighted by molar-refractivity contribution is -0.115. The SMILES string of the molecule is COc1cc(/C=C2/SC(=Nc3cccc(C)c3C)NC2=O)ccc1O. The van der Waals surface area contributed by atoms with Crippen LogP contribution in [0, 0.1) is 13.8 Å². The smallest absolute Gasteiger partial charge is 0.264 e. The van der Waals surface area contributed by atoms with Crippen LogP contribution in [-0.2, 0) is 4.79 Å². The van der Waals surface area contributed by atoms with Crippen molar-refractivity contribution in [1.29, 1.82) is 0 Å². The third kappa shape index (κ3) is 3.69. The fourth-order valence-corrected chi connectivity index (χ4v) is 3.22. The second kappa shape index (κ2) is 7.03. The Bertz CT molecular complexity index is 904. The van der Waals surface area contributed by atoms with Gasteiger partial charge in [-0.3, -0.25) is 4.79 Å². The maximum Gasteiger partial charge on any atom is 0.264 e. The molecule has 0 unspecified atom stereocenters. The minimum atomic E-state index is -0.193. The largest absolute Gasteiger partial charge is 0.504 e. The van der Waals surface area contributed by atoms with Crippen molar-refractivity contribution >= 4 is 34.6 Å². The molecule has 0 saturated carbocycles. The molecule has 1 aliphatic rings. The van der Waals surface area contributed by atoms with Gasteiger partial charge in [-0.2, -0.15) is 0 Å². The quantitative estimate of drug-likeness (QED) is 0.820. The zero-order chi connectivity index (χ0) is 18.0. The van der Waals surface area contributed by atoms with Crippen LogP contribution in [0.15, 0.2) is 46.3 Å². The standard InChI is InChI=1S/C19H18N2O3S/c1-11-5-4-6-14(12(11)2)20-19-21-18(23)17(25-19)10-13-7-8-15(22)16(9-13)24-3/h4-10,22H,1-3H3,(H,20,21,23)/b17-10+. The van der Waals surface area contributed by atoms with Crippen LogP contribution in [0.1, 0.15) is 16.7 Å². The Kier molecular flexibility index (Phi) is 4.81. The summed E-state index contributed by atoms with van der Waals surface area (Å²) in [6.07, 6.45) is 1.74. The fraction of sp³-hybridized carbons (Fsp3) is 0.158. The van der Waals surface area contributed by atoms with Crippen molar-refractivity contribution < 1.29 is 14.6 Å². The molecule has 1 amide bonds. The summed E-state index contributed by atoms with van der Waals surface area (Å²) < 4.78 is 5.09. The van der Waals surface area contributed by atoms with Gasteiger partial charge in [0.2, 0.25) is 0 Å². The van der Waals surface area contributed by atoms with Crippen molar-refractivity contribution in [3.8, 4) is 11.5 Å². The minimum absolute atomic E-state index is 0.0605. The van der Waals surface area contributed by atoms with Gasteiger partial charge in [0, 0.05) is 0 Å². The zero-order valence-electron chi connectivity index (χ0n) is 14.2. The topological polar surface area (TPSA) is 70.9 Å². The van der Waals surface area contributed by atoms with Crippen LogP contribution < -0.4 is 10.1 Å². The number of hydrogen-bond acceptors (Lipinski definition) is 5. The van der Waals surface area contributed by atoms with E-state index in [-0.39, 0.29) is 11.7 Å². The van der Waals surface area contributed by atoms with Crippen molar-refractivity contribution in [3.63, 3.8) is 0 Å². The molecule has 0 spiro atoms. The van der Waals surface area contributed by atoms with Gasteiger partial charge in [-0.15, -0.1) is 0 Å². The van der Waals surface area contributed by atoms with E-state index >= 15 is 0 Å². The highest BCUT2D eigenvalue weighted by Gasteiger charge is 2.24. The highest BCUT2D eigenvalue weighted by Crippen LogP contribution is 2.32. The van der Waals surface area contributed by atoms with E-state index in [0.29, 0.717) is 15.8 Å². The summed E-state index contributed by atoms with van der Waals surface area (Å²) in [6.45, 7) is 4.04. The predicted molar refractivity (Wildman–Crippen MR) is 101 cm³/mol. The number of rotatable bonds is 3. The summed E-state index contributed by atoms with van der Waals surface area (Å²) in [5.74, 6) is 0.230. The molecule has 25 heavy (non-hydrogen) atoms. The van der Waals surface area contributed by atoms with E-state index in [1.165, 1.54) is 24.9 Å². The Hall–Kier alpha value is -2.73. The van der Waals surface area contributed by atoms with Gasteiger partial charge in [0.1, 0.15) is 0 Å². The zero-order valence-corrected chi connectivity index (χ0v) is 15.0. The minimum Gasteiger partial charge on any atom is -0.504 e. The molecule has 1 saturated heterocycles. The highest BCUT2D eigenvalue weighted by molar-refractivity contribution is 8.18. The predicted octanol–water partition coefficient (Wildman–Crippen LogP) is 3.91. The number of benzene rings is 2. The molecular weight excluding hydrogens is 336 g/mol. The number of phenolic OH excluding ortho intramolecular Hbond substituents is 1. The van der Waals surface area contributed by atoms with Crippen molar-refractivity contribution in [2.75, 3.05) is 7.11 Å². The summed E-state index contributed by atoms with van der Waals surface area (Å²) in [7, 11) is 1.48. The number of aromatic hydroxyl groups is 1. The van der Waals surface area contributed by atoms with Crippen LogP contribution in [0.3, 0.4) is 0 Å². The highest BCUT2D eigenvalue weighted by atomic mass is 32.2. The normalized spacial score (nSPS) is 17.2. The van der Waals surface area contributed by atoms with Crippen molar-refractivity contribution in [2.45, 2.75) is 13.8 Å². The number of thioether (sulfide) groups is 1. The molecule has 5 nitrogen and oxygen atoms in total. The van der Waals surface area contributed by atoms with Crippen LogP contribution in [0.5, 0.6) is 11.5 Å². The number of phenols is 1. The molecule has 0 aliphatic carbocycles. The van der Waals surface area contributed by atoms with Crippen LogP contribution in [0.25, 0.3) is 6.08 Å². The molecule has 1 fully saturated rings. The lowest BCUT2D eigenvalue weighted by Crippen LogP contribution is -2.19. The molecule has 2 aromatic rings. The second-order valence-electron chi connectivity index (χ2n) is 5.63. The Morgan fingerprint density at radius 2 is 2.04 bits per heavy atom. The first-order chi connectivity index (χ1) is 12.0. The third-order valence-electron chi connectivity index (χ3n) is 3.95. The summed E-state index contributed by atoms with van der Waals surface area (Å²) in [5.41, 5.74) is 3.85. The Morgan fingerprint density at radius 3 is 2.80 bits per heavy atom. The first-order valence-corrected chi connectivity index (χ1v) is 8.52. The number of carbonyl (C=O) groups is 1. The molecule has 0 atom stereocenters. The van der Waals surface area contributed by atoms with Gasteiger partial charge in [0.25, 0.3) is 5.91 Å². The molecule has 6 heteroatoms. The average molecular weight is 354 g/mol. The lowest BCUT2D eigenvalue weighted by atomic mass is 10.1. The molecule has 3 rings (SSSR count). The Morgan fingerprint density at radius 1 is 1.24 bits per heavy atom. The number of amides is 1. The molecule has 0 bridgehead atoms. The number of aliphatic imine (C=N–C) groups is 1. The van der Waals surface area contributed by atoms with E-state index in [0.717, 1.165) is 22.4 Å².